The highest BCUT2D eigenvalue weighted by Crippen LogP contribution is 1.98. The third-order valence-electron chi connectivity index (χ3n) is 1.79. The minimum atomic E-state index is -3.15. The van der Waals surface area contributed by atoms with E-state index in [9.17, 15) is 8.42 Å². The van der Waals surface area contributed by atoms with Crippen molar-refractivity contribution in [1.29, 1.82) is 0 Å². The van der Waals surface area contributed by atoms with Gasteiger partial charge < -0.3 is 5.32 Å². The summed E-state index contributed by atoms with van der Waals surface area (Å²) in [4.78, 5) is 0. The Morgan fingerprint density at radius 3 is 2.64 bits per heavy atom. The second-order valence-electron chi connectivity index (χ2n) is 2.98. The Morgan fingerprint density at radius 1 is 1.50 bits per heavy atom. The molecule has 0 atom stereocenters. The molecule has 14 heavy (non-hydrogen) atoms. The van der Waals surface area contributed by atoms with Crippen molar-refractivity contribution in [2.24, 2.45) is 0 Å². The smallest absolute Gasteiger partial charge is 0.214 e. The summed E-state index contributed by atoms with van der Waals surface area (Å²) in [5, 5.41) is 3.07. The van der Waals surface area contributed by atoms with Gasteiger partial charge in [0.15, 0.2) is 0 Å². The molecule has 0 aliphatic carbocycles. The van der Waals surface area contributed by atoms with E-state index in [2.05, 4.69) is 11.2 Å². The summed E-state index contributed by atoms with van der Waals surface area (Å²) >= 11 is 0. The highest BCUT2D eigenvalue weighted by atomic mass is 32.2. The Labute approximate surface area is 86.7 Å². The lowest BCUT2D eigenvalue weighted by Gasteiger charge is -2.13. The minimum Gasteiger partial charge on any atom is -0.317 e. The normalized spacial score (nSPS) is 11.6. The summed E-state index contributed by atoms with van der Waals surface area (Å²) in [5.74, 6) is 2.46. The summed E-state index contributed by atoms with van der Waals surface area (Å²) in [6.45, 7) is 3.71. The highest BCUT2D eigenvalue weighted by Gasteiger charge is 2.15. The molecular weight excluding hydrogens is 200 g/mol. The standard InChI is InChI=1S/C9H18N2O2S/c1-4-8-11(3)14(12,13)9-6-7-10-5-2/h1,10H,5-9H2,2-3H3. The number of sulfonamides is 1. The maximum Gasteiger partial charge on any atom is 0.214 e. The minimum absolute atomic E-state index is 0.142. The van der Waals surface area contributed by atoms with Gasteiger partial charge in [-0.1, -0.05) is 12.8 Å². The molecule has 0 saturated heterocycles. The van der Waals surface area contributed by atoms with Crippen LogP contribution in [0.25, 0.3) is 0 Å². The van der Waals surface area contributed by atoms with Crippen LogP contribution >= 0.6 is 0 Å². The molecule has 0 radical (unpaired) electrons. The number of nitrogens with zero attached hydrogens (tertiary/aromatic N) is 1. The van der Waals surface area contributed by atoms with Crippen molar-refractivity contribution >= 4 is 10.0 Å². The Morgan fingerprint density at radius 2 is 2.14 bits per heavy atom. The van der Waals surface area contributed by atoms with E-state index in [0.29, 0.717) is 6.42 Å². The van der Waals surface area contributed by atoms with Gasteiger partial charge in [-0.3, -0.25) is 0 Å². The van der Waals surface area contributed by atoms with Crippen LogP contribution in [-0.4, -0.2) is 45.2 Å². The van der Waals surface area contributed by atoms with E-state index in [-0.39, 0.29) is 12.3 Å². The molecule has 0 saturated carbocycles. The second kappa shape index (κ2) is 6.82. The summed E-state index contributed by atoms with van der Waals surface area (Å²) in [7, 11) is -1.65. The highest BCUT2D eigenvalue weighted by molar-refractivity contribution is 7.89. The van der Waals surface area contributed by atoms with Crippen LogP contribution in [0.1, 0.15) is 13.3 Å². The summed E-state index contributed by atoms with van der Waals surface area (Å²) in [6, 6.07) is 0. The van der Waals surface area contributed by atoms with Crippen molar-refractivity contribution in [1.82, 2.24) is 9.62 Å². The van der Waals surface area contributed by atoms with E-state index in [1.54, 1.807) is 0 Å². The lowest BCUT2D eigenvalue weighted by Crippen LogP contribution is -2.30. The largest absolute Gasteiger partial charge is 0.317 e. The zero-order valence-corrected chi connectivity index (χ0v) is 9.60. The van der Waals surface area contributed by atoms with Crippen molar-refractivity contribution in [3.8, 4) is 12.3 Å². The van der Waals surface area contributed by atoms with Gasteiger partial charge in [0.25, 0.3) is 0 Å². The zero-order chi connectivity index (χ0) is 11.0. The van der Waals surface area contributed by atoms with Crippen LogP contribution in [0.15, 0.2) is 0 Å². The Kier molecular flexibility index (Phi) is 6.54. The third-order valence-corrected chi connectivity index (χ3v) is 3.68. The second-order valence-corrected chi connectivity index (χ2v) is 5.18. The molecule has 0 aromatic rings. The molecule has 0 unspecified atom stereocenters. The van der Waals surface area contributed by atoms with Crippen molar-refractivity contribution in [3.63, 3.8) is 0 Å². The van der Waals surface area contributed by atoms with E-state index in [0.717, 1.165) is 13.1 Å². The molecule has 0 fully saturated rings. The van der Waals surface area contributed by atoms with E-state index < -0.39 is 10.0 Å². The van der Waals surface area contributed by atoms with Gasteiger partial charge in [-0.2, -0.15) is 4.31 Å². The molecule has 0 aromatic heterocycles. The fourth-order valence-electron chi connectivity index (χ4n) is 0.939. The molecule has 82 valence electrons. The van der Waals surface area contributed by atoms with E-state index >= 15 is 0 Å². The molecule has 1 N–H and O–H groups in total. The van der Waals surface area contributed by atoms with Crippen molar-refractivity contribution in [2.75, 3.05) is 32.4 Å². The number of rotatable bonds is 7. The van der Waals surface area contributed by atoms with Gasteiger partial charge in [-0.05, 0) is 19.5 Å². The Hall–Kier alpha value is -0.570. The third kappa shape index (κ3) is 5.22. The maximum absolute atomic E-state index is 11.5. The van der Waals surface area contributed by atoms with Crippen LogP contribution in [0.4, 0.5) is 0 Å². The number of hydrogen-bond acceptors (Lipinski definition) is 3. The lowest BCUT2D eigenvalue weighted by molar-refractivity contribution is 0.500. The first kappa shape index (κ1) is 13.4. The van der Waals surface area contributed by atoms with E-state index in [1.165, 1.54) is 11.4 Å². The first-order valence-electron chi connectivity index (χ1n) is 4.62. The van der Waals surface area contributed by atoms with Gasteiger partial charge in [0.05, 0.1) is 12.3 Å². The molecule has 0 aliphatic rings. The fourth-order valence-corrected chi connectivity index (χ4v) is 2.03. The van der Waals surface area contributed by atoms with Crippen LogP contribution < -0.4 is 5.32 Å². The van der Waals surface area contributed by atoms with Gasteiger partial charge in [-0.25, -0.2) is 8.42 Å². The molecule has 5 heteroatoms. The van der Waals surface area contributed by atoms with Gasteiger partial charge in [0.1, 0.15) is 0 Å². The van der Waals surface area contributed by atoms with Crippen molar-refractivity contribution < 1.29 is 8.42 Å². The molecule has 0 amide bonds. The van der Waals surface area contributed by atoms with Gasteiger partial charge >= 0.3 is 0 Å². The zero-order valence-electron chi connectivity index (χ0n) is 8.78. The number of nitrogens with one attached hydrogen (secondary N) is 1. The first-order valence-corrected chi connectivity index (χ1v) is 6.23. The van der Waals surface area contributed by atoms with E-state index in [1.807, 2.05) is 6.92 Å². The molecule has 4 nitrogen and oxygen atoms in total. The van der Waals surface area contributed by atoms with E-state index in [4.69, 9.17) is 6.42 Å². The molecule has 0 aliphatic heterocycles. The van der Waals surface area contributed by atoms with Crippen LogP contribution in [0.5, 0.6) is 0 Å². The SMILES string of the molecule is C#CCN(C)S(=O)(=O)CCCNCC. The average Bonchev–Trinajstić information content (AvgIpc) is 2.13. The molecule has 0 bridgehead atoms. The predicted octanol–water partition coefficient (Wildman–Crippen LogP) is -0.119. The molecule has 0 heterocycles. The van der Waals surface area contributed by atoms with Gasteiger partial charge in [-0.15, -0.1) is 6.42 Å². The first-order chi connectivity index (χ1) is 6.54. The van der Waals surface area contributed by atoms with Crippen LogP contribution in [0, 0.1) is 12.3 Å². The maximum atomic E-state index is 11.5. The van der Waals surface area contributed by atoms with Crippen LogP contribution in [-0.2, 0) is 10.0 Å². The summed E-state index contributed by atoms with van der Waals surface area (Å²) < 4.78 is 24.2. The fraction of sp³-hybridized carbons (Fsp3) is 0.778. The number of hydrogen-bond donors (Lipinski definition) is 1. The number of terminal acetylenes is 1. The van der Waals surface area contributed by atoms with Gasteiger partial charge in [0.2, 0.25) is 10.0 Å². The van der Waals surface area contributed by atoms with Crippen LogP contribution in [0.2, 0.25) is 0 Å². The Balaban J connectivity index is 3.90. The monoisotopic (exact) mass is 218 g/mol. The lowest BCUT2D eigenvalue weighted by atomic mass is 10.5. The van der Waals surface area contributed by atoms with Crippen LogP contribution in [0.3, 0.4) is 0 Å². The van der Waals surface area contributed by atoms with Gasteiger partial charge in [0, 0.05) is 7.05 Å². The predicted molar refractivity (Wildman–Crippen MR) is 58.4 cm³/mol. The molecule has 0 aromatic carbocycles. The molecule has 0 rings (SSSR count). The summed E-state index contributed by atoms with van der Waals surface area (Å²) in [6.07, 6.45) is 5.65. The van der Waals surface area contributed by atoms with Crippen molar-refractivity contribution in [3.05, 3.63) is 0 Å². The van der Waals surface area contributed by atoms with Crippen molar-refractivity contribution in [2.45, 2.75) is 13.3 Å². The average molecular weight is 218 g/mol. The molecule has 0 spiro atoms. The summed E-state index contributed by atoms with van der Waals surface area (Å²) in [5.41, 5.74) is 0. The Bertz CT molecular complexity index is 280. The molecular formula is C9H18N2O2S. The topological polar surface area (TPSA) is 49.4 Å². The quantitative estimate of drug-likeness (QED) is 0.479.